The van der Waals surface area contributed by atoms with Gasteiger partial charge in [-0.05, 0) is 12.8 Å². The second kappa shape index (κ2) is 6.12. The van der Waals surface area contributed by atoms with E-state index in [4.69, 9.17) is 23.2 Å². The molecular formula is C10H16Cl2N2O3S. The minimum Gasteiger partial charge on any atom is -0.335 e. The number of carbonyl (C=O) groups excluding carboxylic acids is 1. The van der Waals surface area contributed by atoms with Gasteiger partial charge in [-0.25, -0.2) is 13.2 Å². The van der Waals surface area contributed by atoms with E-state index in [1.165, 1.54) is 7.05 Å². The van der Waals surface area contributed by atoms with Crippen LogP contribution in [0.3, 0.4) is 0 Å². The van der Waals surface area contributed by atoms with E-state index in [2.05, 4.69) is 5.32 Å². The Kier molecular flexibility index (Phi) is 5.31. The van der Waals surface area contributed by atoms with Crippen LogP contribution in [0.1, 0.15) is 25.7 Å². The molecule has 2 amide bonds. The van der Waals surface area contributed by atoms with Crippen LogP contribution in [0.25, 0.3) is 0 Å². The van der Waals surface area contributed by atoms with Crippen LogP contribution in [0.5, 0.6) is 0 Å². The third-order valence-corrected chi connectivity index (χ3v) is 4.57. The molecule has 0 spiro atoms. The van der Waals surface area contributed by atoms with Crippen molar-refractivity contribution in [1.29, 1.82) is 0 Å². The lowest BCUT2D eigenvalue weighted by Gasteiger charge is -2.22. The molecule has 18 heavy (non-hydrogen) atoms. The Morgan fingerprint density at radius 2 is 1.78 bits per heavy atom. The molecule has 0 bridgehead atoms. The van der Waals surface area contributed by atoms with E-state index < -0.39 is 20.4 Å². The van der Waals surface area contributed by atoms with Gasteiger partial charge in [-0.1, -0.05) is 36.0 Å². The van der Waals surface area contributed by atoms with E-state index in [0.29, 0.717) is 0 Å². The number of rotatable bonds is 3. The molecular weight excluding hydrogens is 299 g/mol. The number of nitrogens with zero attached hydrogens (tertiary/aromatic N) is 1. The summed E-state index contributed by atoms with van der Waals surface area (Å²) >= 11 is 11.1. The molecule has 1 rings (SSSR count). The summed E-state index contributed by atoms with van der Waals surface area (Å²) < 4.78 is 22.6. The number of amides is 2. The number of urea groups is 1. The predicted molar refractivity (Wildman–Crippen MR) is 72.1 cm³/mol. The molecule has 104 valence electrons. The van der Waals surface area contributed by atoms with Gasteiger partial charge < -0.3 is 5.32 Å². The van der Waals surface area contributed by atoms with E-state index in [9.17, 15) is 13.2 Å². The molecule has 0 atom stereocenters. The Labute approximate surface area is 117 Å². The highest BCUT2D eigenvalue weighted by Gasteiger charge is 2.27. The quantitative estimate of drug-likeness (QED) is 0.868. The normalized spacial score (nSPS) is 16.4. The lowest BCUT2D eigenvalue weighted by Crippen LogP contribution is -2.42. The monoisotopic (exact) mass is 314 g/mol. The van der Waals surface area contributed by atoms with Crippen molar-refractivity contribution in [2.75, 3.05) is 13.3 Å². The smallest absolute Gasteiger partial charge is 0.322 e. The summed E-state index contributed by atoms with van der Waals surface area (Å²) in [5.41, 5.74) is 0. The SMILES string of the molecule is CN(C(=O)NC1CCCC1)C(=C(Cl)Cl)S(C)(=O)=O. The Morgan fingerprint density at radius 1 is 1.28 bits per heavy atom. The predicted octanol–water partition coefficient (Wildman–Crippen LogP) is 2.22. The van der Waals surface area contributed by atoms with Crippen molar-refractivity contribution < 1.29 is 13.2 Å². The van der Waals surface area contributed by atoms with Gasteiger partial charge in [0, 0.05) is 19.3 Å². The highest BCUT2D eigenvalue weighted by Crippen LogP contribution is 2.23. The average molecular weight is 315 g/mol. The van der Waals surface area contributed by atoms with Crippen LogP contribution in [0.2, 0.25) is 0 Å². The largest absolute Gasteiger partial charge is 0.335 e. The van der Waals surface area contributed by atoms with Crippen molar-refractivity contribution in [3.8, 4) is 0 Å². The molecule has 0 aromatic heterocycles. The second-order valence-electron chi connectivity index (χ2n) is 4.33. The molecule has 1 N–H and O–H groups in total. The van der Waals surface area contributed by atoms with Crippen LogP contribution in [0.4, 0.5) is 4.79 Å². The van der Waals surface area contributed by atoms with Gasteiger partial charge in [0.1, 0.15) is 4.49 Å². The summed E-state index contributed by atoms with van der Waals surface area (Å²) in [5, 5.41) is 2.37. The fraction of sp³-hybridized carbons (Fsp3) is 0.700. The summed E-state index contributed by atoms with van der Waals surface area (Å²) in [5.74, 6) is 0. The van der Waals surface area contributed by atoms with Gasteiger partial charge in [0.05, 0.1) is 0 Å². The van der Waals surface area contributed by atoms with Crippen molar-refractivity contribution >= 4 is 39.1 Å². The molecule has 0 aliphatic heterocycles. The average Bonchev–Trinajstić information content (AvgIpc) is 2.67. The van der Waals surface area contributed by atoms with E-state index in [0.717, 1.165) is 36.8 Å². The lowest BCUT2D eigenvalue weighted by atomic mass is 10.2. The zero-order valence-corrected chi connectivity index (χ0v) is 12.6. The van der Waals surface area contributed by atoms with Crippen LogP contribution in [-0.2, 0) is 9.84 Å². The molecule has 0 aromatic carbocycles. The number of hydrogen-bond acceptors (Lipinski definition) is 3. The maximum atomic E-state index is 11.9. The van der Waals surface area contributed by atoms with Gasteiger partial charge in [-0.2, -0.15) is 0 Å². The molecule has 0 saturated heterocycles. The van der Waals surface area contributed by atoms with Gasteiger partial charge >= 0.3 is 6.03 Å². The molecule has 1 fully saturated rings. The van der Waals surface area contributed by atoms with Crippen molar-refractivity contribution in [2.24, 2.45) is 0 Å². The number of sulfone groups is 1. The van der Waals surface area contributed by atoms with Gasteiger partial charge in [0.15, 0.2) is 14.9 Å². The van der Waals surface area contributed by atoms with Crippen molar-refractivity contribution in [2.45, 2.75) is 31.7 Å². The van der Waals surface area contributed by atoms with E-state index in [-0.39, 0.29) is 11.1 Å². The fourth-order valence-electron chi connectivity index (χ4n) is 1.95. The van der Waals surface area contributed by atoms with Crippen LogP contribution >= 0.6 is 23.2 Å². The van der Waals surface area contributed by atoms with Gasteiger partial charge in [-0.3, -0.25) is 4.90 Å². The minimum absolute atomic E-state index is 0.0925. The zero-order valence-electron chi connectivity index (χ0n) is 10.2. The van der Waals surface area contributed by atoms with E-state index in [1.54, 1.807) is 0 Å². The summed E-state index contributed by atoms with van der Waals surface area (Å²) in [6.07, 6.45) is 4.91. The van der Waals surface area contributed by atoms with Crippen LogP contribution in [0, 0.1) is 0 Å². The second-order valence-corrected chi connectivity index (χ2v) is 7.21. The maximum absolute atomic E-state index is 11.9. The first-order valence-electron chi connectivity index (χ1n) is 5.53. The van der Waals surface area contributed by atoms with E-state index >= 15 is 0 Å². The summed E-state index contributed by atoms with van der Waals surface area (Å²) in [7, 11) is -2.34. The molecule has 0 unspecified atom stereocenters. The Bertz CT molecular complexity index is 452. The highest BCUT2D eigenvalue weighted by molar-refractivity contribution is 7.94. The van der Waals surface area contributed by atoms with Gasteiger partial charge in [-0.15, -0.1) is 0 Å². The first kappa shape index (κ1) is 15.6. The molecule has 1 aliphatic carbocycles. The summed E-state index contributed by atoms with van der Waals surface area (Å²) in [6, 6.07) is -0.420. The molecule has 0 heterocycles. The van der Waals surface area contributed by atoms with Crippen molar-refractivity contribution in [3.05, 3.63) is 9.52 Å². The molecule has 1 aliphatic rings. The third kappa shape index (κ3) is 4.03. The fourth-order valence-corrected chi connectivity index (χ4v) is 3.90. The zero-order chi connectivity index (χ0) is 13.9. The maximum Gasteiger partial charge on any atom is 0.322 e. The van der Waals surface area contributed by atoms with Crippen LogP contribution in [-0.4, -0.2) is 38.7 Å². The van der Waals surface area contributed by atoms with Gasteiger partial charge in [0.25, 0.3) is 0 Å². The summed E-state index contributed by atoms with van der Waals surface area (Å²) in [4.78, 5) is 12.8. The van der Waals surface area contributed by atoms with Crippen LogP contribution < -0.4 is 5.32 Å². The highest BCUT2D eigenvalue weighted by atomic mass is 35.5. The van der Waals surface area contributed by atoms with Crippen molar-refractivity contribution in [1.82, 2.24) is 10.2 Å². The Balaban J connectivity index is 2.81. The first-order valence-corrected chi connectivity index (χ1v) is 8.17. The Morgan fingerprint density at radius 3 is 2.17 bits per heavy atom. The topological polar surface area (TPSA) is 66.5 Å². The number of hydrogen-bond donors (Lipinski definition) is 1. The molecule has 5 nitrogen and oxygen atoms in total. The van der Waals surface area contributed by atoms with E-state index in [1.807, 2.05) is 0 Å². The number of carbonyl (C=O) groups is 1. The van der Waals surface area contributed by atoms with Crippen LogP contribution in [0.15, 0.2) is 9.52 Å². The standard InChI is InChI=1S/C10H16Cl2N2O3S/c1-14(9(8(11)12)18(2,16)17)10(15)13-7-5-3-4-6-7/h7H,3-6H2,1-2H3,(H,13,15). The molecule has 0 aromatic rings. The summed E-state index contributed by atoms with van der Waals surface area (Å²) in [6.45, 7) is 0. The minimum atomic E-state index is -3.66. The molecule has 0 radical (unpaired) electrons. The van der Waals surface area contributed by atoms with Gasteiger partial charge in [0.2, 0.25) is 0 Å². The number of nitrogens with one attached hydrogen (secondary N) is 1. The third-order valence-electron chi connectivity index (χ3n) is 2.80. The number of halogens is 2. The molecule has 1 saturated carbocycles. The Hall–Kier alpha value is -0.460. The van der Waals surface area contributed by atoms with Crippen molar-refractivity contribution in [3.63, 3.8) is 0 Å². The lowest BCUT2D eigenvalue weighted by molar-refractivity contribution is 0.217. The molecule has 8 heteroatoms. The first-order chi connectivity index (χ1) is 8.23.